The summed E-state index contributed by atoms with van der Waals surface area (Å²) in [6.45, 7) is 1.48. The molecule has 1 aliphatic heterocycles. The lowest BCUT2D eigenvalue weighted by Crippen LogP contribution is -2.33. The van der Waals surface area contributed by atoms with E-state index in [-0.39, 0.29) is 11.4 Å². The van der Waals surface area contributed by atoms with Crippen LogP contribution in [-0.4, -0.2) is 26.3 Å². The zero-order chi connectivity index (χ0) is 17.5. The number of carbonyl (C=O) groups is 1. The van der Waals surface area contributed by atoms with E-state index in [9.17, 15) is 4.79 Å². The molecule has 0 atom stereocenters. The van der Waals surface area contributed by atoms with Gasteiger partial charge in [-0.05, 0) is 47.8 Å². The SMILES string of the molecule is COC(=O)CC1(CCc2ccc(-c3ccccc3)cc2)CCOCC1. The van der Waals surface area contributed by atoms with Crippen LogP contribution in [0.4, 0.5) is 0 Å². The first-order valence-corrected chi connectivity index (χ1v) is 9.00. The maximum Gasteiger partial charge on any atom is 0.306 e. The molecular weight excluding hydrogens is 312 g/mol. The van der Waals surface area contributed by atoms with Crippen LogP contribution in [-0.2, 0) is 20.7 Å². The van der Waals surface area contributed by atoms with Crippen LogP contribution >= 0.6 is 0 Å². The molecule has 1 heterocycles. The zero-order valence-corrected chi connectivity index (χ0v) is 14.9. The fourth-order valence-corrected chi connectivity index (χ4v) is 3.60. The summed E-state index contributed by atoms with van der Waals surface area (Å²) < 4.78 is 10.4. The molecule has 3 rings (SSSR count). The van der Waals surface area contributed by atoms with Gasteiger partial charge in [0.05, 0.1) is 13.5 Å². The van der Waals surface area contributed by atoms with Gasteiger partial charge in [-0.2, -0.15) is 0 Å². The van der Waals surface area contributed by atoms with Crippen LogP contribution in [0.25, 0.3) is 11.1 Å². The van der Waals surface area contributed by atoms with E-state index in [1.807, 2.05) is 6.07 Å². The Bertz CT molecular complexity index is 670. The minimum Gasteiger partial charge on any atom is -0.469 e. The Morgan fingerprint density at radius 1 is 1.00 bits per heavy atom. The van der Waals surface area contributed by atoms with Gasteiger partial charge in [0.25, 0.3) is 0 Å². The standard InChI is InChI=1S/C22H26O3/c1-24-21(23)17-22(13-15-25-16-14-22)12-11-18-7-9-20(10-8-18)19-5-3-2-4-6-19/h2-10H,11-17H2,1H3. The van der Waals surface area contributed by atoms with Gasteiger partial charge in [0.2, 0.25) is 0 Å². The topological polar surface area (TPSA) is 35.5 Å². The second-order valence-electron chi connectivity index (χ2n) is 6.93. The lowest BCUT2D eigenvalue weighted by molar-refractivity contribution is -0.145. The summed E-state index contributed by atoms with van der Waals surface area (Å²) in [6.07, 6.45) is 4.34. The van der Waals surface area contributed by atoms with E-state index in [0.717, 1.165) is 38.9 Å². The van der Waals surface area contributed by atoms with E-state index >= 15 is 0 Å². The minimum atomic E-state index is -0.110. The molecule has 0 bridgehead atoms. The second kappa shape index (κ2) is 8.30. The Morgan fingerprint density at radius 3 is 2.28 bits per heavy atom. The third-order valence-electron chi connectivity index (χ3n) is 5.31. The number of benzene rings is 2. The number of rotatable bonds is 6. The van der Waals surface area contributed by atoms with Crippen molar-refractivity contribution in [3.05, 3.63) is 60.2 Å². The van der Waals surface area contributed by atoms with Gasteiger partial charge in [0, 0.05) is 13.2 Å². The van der Waals surface area contributed by atoms with Crippen molar-refractivity contribution in [3.63, 3.8) is 0 Å². The van der Waals surface area contributed by atoms with Crippen molar-refractivity contribution < 1.29 is 14.3 Å². The molecule has 2 aromatic rings. The molecule has 3 heteroatoms. The molecule has 0 aromatic heterocycles. The van der Waals surface area contributed by atoms with Crippen LogP contribution in [0.15, 0.2) is 54.6 Å². The van der Waals surface area contributed by atoms with Crippen molar-refractivity contribution in [1.82, 2.24) is 0 Å². The summed E-state index contributed by atoms with van der Waals surface area (Å²) in [7, 11) is 1.47. The highest BCUT2D eigenvalue weighted by atomic mass is 16.5. The molecule has 25 heavy (non-hydrogen) atoms. The number of carbonyl (C=O) groups excluding carboxylic acids is 1. The van der Waals surface area contributed by atoms with Crippen LogP contribution in [0.5, 0.6) is 0 Å². The molecule has 3 nitrogen and oxygen atoms in total. The van der Waals surface area contributed by atoms with Crippen LogP contribution < -0.4 is 0 Å². The summed E-state index contributed by atoms with van der Waals surface area (Å²) >= 11 is 0. The van der Waals surface area contributed by atoms with Gasteiger partial charge in [-0.3, -0.25) is 4.79 Å². The molecule has 1 fully saturated rings. The molecule has 0 radical (unpaired) electrons. The minimum absolute atomic E-state index is 0.0173. The third kappa shape index (κ3) is 4.70. The second-order valence-corrected chi connectivity index (χ2v) is 6.93. The first-order chi connectivity index (χ1) is 12.2. The van der Waals surface area contributed by atoms with Gasteiger partial charge < -0.3 is 9.47 Å². The van der Waals surface area contributed by atoms with Crippen molar-refractivity contribution >= 4 is 5.97 Å². The number of hydrogen-bond acceptors (Lipinski definition) is 3. The summed E-state index contributed by atoms with van der Waals surface area (Å²) in [6, 6.07) is 19.2. The van der Waals surface area contributed by atoms with Gasteiger partial charge in [0.15, 0.2) is 0 Å². The quantitative estimate of drug-likeness (QED) is 0.720. The van der Waals surface area contributed by atoms with E-state index < -0.39 is 0 Å². The Morgan fingerprint density at radius 2 is 1.64 bits per heavy atom. The highest BCUT2D eigenvalue weighted by Gasteiger charge is 2.34. The molecule has 0 spiro atoms. The average molecular weight is 338 g/mol. The molecular formula is C22H26O3. The molecule has 132 valence electrons. The van der Waals surface area contributed by atoms with E-state index in [0.29, 0.717) is 6.42 Å². The zero-order valence-electron chi connectivity index (χ0n) is 14.9. The first-order valence-electron chi connectivity index (χ1n) is 9.00. The largest absolute Gasteiger partial charge is 0.469 e. The lowest BCUT2D eigenvalue weighted by atomic mass is 9.73. The van der Waals surface area contributed by atoms with Crippen LogP contribution in [0.2, 0.25) is 0 Å². The van der Waals surface area contributed by atoms with Gasteiger partial charge >= 0.3 is 5.97 Å². The third-order valence-corrected chi connectivity index (χ3v) is 5.31. The summed E-state index contributed by atoms with van der Waals surface area (Å²) in [5.74, 6) is -0.110. The highest BCUT2D eigenvalue weighted by Crippen LogP contribution is 2.39. The normalized spacial score (nSPS) is 16.4. The van der Waals surface area contributed by atoms with Crippen molar-refractivity contribution in [2.24, 2.45) is 5.41 Å². The van der Waals surface area contributed by atoms with E-state index in [1.54, 1.807) is 0 Å². The van der Waals surface area contributed by atoms with Gasteiger partial charge in [0.1, 0.15) is 0 Å². The van der Waals surface area contributed by atoms with Crippen molar-refractivity contribution in [2.45, 2.75) is 32.1 Å². The molecule has 1 aliphatic rings. The van der Waals surface area contributed by atoms with Gasteiger partial charge in [-0.25, -0.2) is 0 Å². The van der Waals surface area contributed by atoms with E-state index in [2.05, 4.69) is 48.5 Å². The fourth-order valence-electron chi connectivity index (χ4n) is 3.60. The predicted molar refractivity (Wildman–Crippen MR) is 99.3 cm³/mol. The van der Waals surface area contributed by atoms with Crippen molar-refractivity contribution in [3.8, 4) is 11.1 Å². The van der Waals surface area contributed by atoms with Crippen molar-refractivity contribution in [2.75, 3.05) is 20.3 Å². The van der Waals surface area contributed by atoms with Gasteiger partial charge in [-0.1, -0.05) is 54.6 Å². The first kappa shape index (κ1) is 17.7. The monoisotopic (exact) mass is 338 g/mol. The molecule has 0 aliphatic carbocycles. The Labute approximate surface area is 150 Å². The molecule has 0 unspecified atom stereocenters. The Balaban J connectivity index is 1.65. The average Bonchev–Trinajstić information content (AvgIpc) is 2.68. The summed E-state index contributed by atoms with van der Waals surface area (Å²) in [5.41, 5.74) is 3.81. The van der Waals surface area contributed by atoms with Crippen LogP contribution in [0, 0.1) is 5.41 Å². The van der Waals surface area contributed by atoms with E-state index in [4.69, 9.17) is 9.47 Å². The maximum absolute atomic E-state index is 11.8. The fraction of sp³-hybridized carbons (Fsp3) is 0.409. The molecule has 0 amide bonds. The Hall–Kier alpha value is -2.13. The lowest BCUT2D eigenvalue weighted by Gasteiger charge is -2.36. The number of esters is 1. The molecule has 0 saturated carbocycles. The highest BCUT2D eigenvalue weighted by molar-refractivity contribution is 5.70. The predicted octanol–water partition coefficient (Wildman–Crippen LogP) is 4.65. The van der Waals surface area contributed by atoms with Crippen LogP contribution in [0.3, 0.4) is 0 Å². The summed E-state index contributed by atoms with van der Waals surface area (Å²) in [5, 5.41) is 0. The number of methoxy groups -OCH3 is 1. The molecule has 0 N–H and O–H groups in total. The maximum atomic E-state index is 11.8. The summed E-state index contributed by atoms with van der Waals surface area (Å²) in [4.78, 5) is 11.8. The molecule has 1 saturated heterocycles. The number of hydrogen-bond donors (Lipinski definition) is 0. The smallest absolute Gasteiger partial charge is 0.306 e. The van der Waals surface area contributed by atoms with Gasteiger partial charge in [-0.15, -0.1) is 0 Å². The Kier molecular flexibility index (Phi) is 5.87. The van der Waals surface area contributed by atoms with Crippen molar-refractivity contribution in [1.29, 1.82) is 0 Å². The number of aryl methyl sites for hydroxylation is 1. The van der Waals surface area contributed by atoms with E-state index in [1.165, 1.54) is 23.8 Å². The van der Waals surface area contributed by atoms with Crippen LogP contribution in [0.1, 0.15) is 31.2 Å². The number of ether oxygens (including phenoxy) is 2. The molecule has 2 aromatic carbocycles.